The van der Waals surface area contributed by atoms with E-state index in [1.54, 1.807) is 18.2 Å². The molecule has 0 atom stereocenters. The van der Waals surface area contributed by atoms with Crippen LogP contribution in [0.25, 0.3) is 0 Å². The van der Waals surface area contributed by atoms with Gasteiger partial charge >= 0.3 is 7.82 Å². The SMILES string of the molecule is CCCCCCCCCCCCCCCCN(C)c1ccc(N=C2C=C(C(=O)NCCOP(=O)(O)O)C(=O)c3ccccc32)cc1. The number of nitrogens with one attached hydrogen (secondary N) is 1. The van der Waals surface area contributed by atoms with Crippen LogP contribution in [0.5, 0.6) is 0 Å². The summed E-state index contributed by atoms with van der Waals surface area (Å²) >= 11 is 0. The van der Waals surface area contributed by atoms with Crippen LogP contribution in [0.3, 0.4) is 0 Å². The van der Waals surface area contributed by atoms with Crippen LogP contribution in [0.2, 0.25) is 0 Å². The molecule has 1 aliphatic carbocycles. The second kappa shape index (κ2) is 20.2. The van der Waals surface area contributed by atoms with Crippen LogP contribution in [0, 0.1) is 0 Å². The maximum atomic E-state index is 13.1. The van der Waals surface area contributed by atoms with Crippen LogP contribution >= 0.6 is 7.82 Å². The van der Waals surface area contributed by atoms with E-state index in [4.69, 9.17) is 14.8 Å². The third-order valence-corrected chi connectivity index (χ3v) is 8.77. The Morgan fingerprint density at radius 2 is 1.37 bits per heavy atom. The van der Waals surface area contributed by atoms with Gasteiger partial charge in [0.15, 0.2) is 5.78 Å². The molecule has 0 saturated heterocycles. The quantitative estimate of drug-likeness (QED) is 0.0666. The maximum absolute atomic E-state index is 13.1. The van der Waals surface area contributed by atoms with Crippen LogP contribution < -0.4 is 10.2 Å². The summed E-state index contributed by atoms with van der Waals surface area (Å²) in [5.74, 6) is -1.11. The number of aliphatic imine (C=N–C) groups is 1. The van der Waals surface area contributed by atoms with Gasteiger partial charge in [-0.1, -0.05) is 115 Å². The Balaban J connectivity index is 1.45. The van der Waals surface area contributed by atoms with Crippen molar-refractivity contribution in [1.29, 1.82) is 0 Å². The summed E-state index contributed by atoms with van der Waals surface area (Å²) in [4.78, 5) is 50.5. The van der Waals surface area contributed by atoms with Gasteiger partial charge in [-0.3, -0.25) is 14.1 Å². The minimum Gasteiger partial charge on any atom is -0.375 e. The molecule has 0 fully saturated rings. The van der Waals surface area contributed by atoms with E-state index in [9.17, 15) is 14.2 Å². The third-order valence-electron chi connectivity index (χ3n) is 8.25. The number of Topliss-reactive ketones (excluding diaryl/α,β-unsaturated/α-hetero) is 1. The molecule has 2 aromatic carbocycles. The highest BCUT2D eigenvalue weighted by molar-refractivity contribution is 7.46. The van der Waals surface area contributed by atoms with Gasteiger partial charge < -0.3 is 20.0 Å². The summed E-state index contributed by atoms with van der Waals surface area (Å²) < 4.78 is 15.2. The molecular weight excluding hydrogens is 601 g/mol. The number of hydrogen-bond acceptors (Lipinski definition) is 6. The Kier molecular flexibility index (Phi) is 16.4. The number of nitrogens with zero attached hydrogens (tertiary/aromatic N) is 2. The van der Waals surface area contributed by atoms with E-state index in [-0.39, 0.29) is 12.1 Å². The number of phosphoric acid groups is 1. The lowest BCUT2D eigenvalue weighted by Gasteiger charge is -2.20. The number of carbonyl (C=O) groups excluding carboxylic acids is 2. The maximum Gasteiger partial charge on any atom is 0.469 e. The van der Waals surface area contributed by atoms with Crippen LogP contribution in [-0.4, -0.2) is 53.9 Å². The van der Waals surface area contributed by atoms with E-state index in [1.807, 2.05) is 30.3 Å². The lowest BCUT2D eigenvalue weighted by molar-refractivity contribution is -0.117. The summed E-state index contributed by atoms with van der Waals surface area (Å²) in [5, 5.41) is 2.48. The molecule has 1 amide bonds. The van der Waals surface area contributed by atoms with Crippen molar-refractivity contribution in [2.24, 2.45) is 4.99 Å². The van der Waals surface area contributed by atoms with Gasteiger partial charge in [-0.25, -0.2) is 9.56 Å². The van der Waals surface area contributed by atoms with Crippen LogP contribution in [0.1, 0.15) is 113 Å². The molecular formula is C36H52N3O6P. The molecule has 0 heterocycles. The standard InChI is InChI=1S/C36H52N3O6P/c1-3-4-5-6-7-8-9-10-11-12-13-14-15-18-26-39(2)30-23-21-29(22-24-30)38-34-28-33(35(40)32-20-17-16-19-31(32)34)36(41)37-25-27-45-46(42,43)44/h16-17,19-24,28H,3-15,18,25-27H2,1-2H3,(H,37,41)(H2,42,43,44). The molecule has 3 rings (SSSR count). The minimum atomic E-state index is -4.65. The summed E-state index contributed by atoms with van der Waals surface area (Å²) in [5.41, 5.74) is 3.18. The Labute approximate surface area is 274 Å². The number of carbonyl (C=O) groups is 2. The number of hydrogen-bond donors (Lipinski definition) is 3. The Morgan fingerprint density at radius 3 is 1.93 bits per heavy atom. The number of fused-ring (bicyclic) bond motifs is 1. The Bertz CT molecular complexity index is 1350. The van der Waals surface area contributed by atoms with E-state index < -0.39 is 26.1 Å². The summed E-state index contributed by atoms with van der Waals surface area (Å²) in [7, 11) is -2.54. The van der Waals surface area contributed by atoms with E-state index in [0.29, 0.717) is 22.5 Å². The highest BCUT2D eigenvalue weighted by Crippen LogP contribution is 2.35. The Morgan fingerprint density at radius 1 is 0.826 bits per heavy atom. The molecule has 46 heavy (non-hydrogen) atoms. The highest BCUT2D eigenvalue weighted by atomic mass is 31.2. The largest absolute Gasteiger partial charge is 0.469 e. The predicted molar refractivity (Wildman–Crippen MR) is 186 cm³/mol. The first-order valence-electron chi connectivity index (χ1n) is 16.9. The minimum absolute atomic E-state index is 0.0989. The van der Waals surface area contributed by atoms with Crippen molar-refractivity contribution in [3.8, 4) is 0 Å². The average molecular weight is 654 g/mol. The van der Waals surface area contributed by atoms with Crippen molar-refractivity contribution in [3.63, 3.8) is 0 Å². The molecule has 0 aromatic heterocycles. The predicted octanol–water partition coefficient (Wildman–Crippen LogP) is 8.07. The molecule has 9 nitrogen and oxygen atoms in total. The zero-order chi connectivity index (χ0) is 33.2. The zero-order valence-corrected chi connectivity index (χ0v) is 28.5. The summed E-state index contributed by atoms with van der Waals surface area (Å²) in [6, 6.07) is 14.9. The van der Waals surface area contributed by atoms with Crippen LogP contribution in [-0.2, 0) is 13.9 Å². The van der Waals surface area contributed by atoms with Crippen molar-refractivity contribution >= 4 is 36.6 Å². The molecule has 1 aliphatic rings. The van der Waals surface area contributed by atoms with E-state index >= 15 is 0 Å². The number of amides is 1. The number of unbranched alkanes of at least 4 members (excludes halogenated alkanes) is 13. The highest BCUT2D eigenvalue weighted by Gasteiger charge is 2.28. The number of benzene rings is 2. The average Bonchev–Trinajstić information content (AvgIpc) is 3.04. The zero-order valence-electron chi connectivity index (χ0n) is 27.6. The van der Waals surface area contributed by atoms with Gasteiger partial charge in [0.1, 0.15) is 0 Å². The topological polar surface area (TPSA) is 129 Å². The molecule has 0 bridgehead atoms. The first-order chi connectivity index (χ1) is 22.2. The molecule has 252 valence electrons. The molecule has 10 heteroatoms. The molecule has 0 aliphatic heterocycles. The van der Waals surface area contributed by atoms with Crippen molar-refractivity contribution < 1.29 is 28.5 Å². The molecule has 2 aromatic rings. The first kappa shape index (κ1) is 37.4. The number of allylic oxidation sites excluding steroid dienone is 1. The van der Waals surface area contributed by atoms with Crippen molar-refractivity contribution in [1.82, 2.24) is 5.32 Å². The van der Waals surface area contributed by atoms with Crippen molar-refractivity contribution in [2.75, 3.05) is 31.6 Å². The fraction of sp³-hybridized carbons (Fsp3) is 0.528. The molecule has 0 radical (unpaired) electrons. The molecule has 0 unspecified atom stereocenters. The van der Waals surface area contributed by atoms with Crippen molar-refractivity contribution in [3.05, 3.63) is 71.3 Å². The second-order valence-corrected chi connectivity index (χ2v) is 13.3. The van der Waals surface area contributed by atoms with Gasteiger partial charge in [0.2, 0.25) is 0 Å². The van der Waals surface area contributed by atoms with Crippen LogP contribution in [0.15, 0.2) is 65.2 Å². The Hall–Kier alpha value is -3.10. The van der Waals surface area contributed by atoms with Crippen LogP contribution in [0.4, 0.5) is 11.4 Å². The van der Waals surface area contributed by atoms with Gasteiger partial charge in [0, 0.05) is 37.0 Å². The van der Waals surface area contributed by atoms with E-state index in [0.717, 1.165) is 18.7 Å². The number of rotatable bonds is 22. The van der Waals surface area contributed by atoms with Gasteiger partial charge in [0.05, 0.1) is 23.6 Å². The molecule has 0 saturated carbocycles. The summed E-state index contributed by atoms with van der Waals surface area (Å²) in [6.07, 6.45) is 20.3. The normalized spacial score (nSPS) is 13.9. The fourth-order valence-corrected chi connectivity index (χ4v) is 5.94. The third kappa shape index (κ3) is 13.3. The van der Waals surface area contributed by atoms with Gasteiger partial charge in [-0.15, -0.1) is 0 Å². The lowest BCUT2D eigenvalue weighted by Crippen LogP contribution is -2.33. The lowest BCUT2D eigenvalue weighted by atomic mass is 9.88. The van der Waals surface area contributed by atoms with Gasteiger partial charge in [-0.05, 0) is 36.8 Å². The van der Waals surface area contributed by atoms with Gasteiger partial charge in [-0.2, -0.15) is 0 Å². The van der Waals surface area contributed by atoms with Crippen molar-refractivity contribution in [2.45, 2.75) is 96.8 Å². The van der Waals surface area contributed by atoms with Gasteiger partial charge in [0.25, 0.3) is 5.91 Å². The molecule has 3 N–H and O–H groups in total. The smallest absolute Gasteiger partial charge is 0.375 e. The number of phosphoric ester groups is 1. The number of anilines is 1. The molecule has 0 spiro atoms. The fourth-order valence-electron chi connectivity index (χ4n) is 5.61. The first-order valence-corrected chi connectivity index (χ1v) is 18.5. The monoisotopic (exact) mass is 653 g/mol. The second-order valence-electron chi connectivity index (χ2n) is 12.0. The van der Waals surface area contributed by atoms with E-state index in [1.165, 1.54) is 89.5 Å². The summed E-state index contributed by atoms with van der Waals surface area (Å²) in [6.45, 7) is 2.69. The van der Waals surface area contributed by atoms with E-state index in [2.05, 4.69) is 28.7 Å². The number of ketones is 1.